The highest BCUT2D eigenvalue weighted by molar-refractivity contribution is 7.89. The Morgan fingerprint density at radius 2 is 1.94 bits per heavy atom. The van der Waals surface area contributed by atoms with E-state index in [2.05, 4.69) is 5.32 Å². The molecule has 0 aliphatic carbocycles. The maximum atomic E-state index is 14.0. The van der Waals surface area contributed by atoms with Crippen LogP contribution in [0.1, 0.15) is 35.7 Å². The number of ether oxygens (including phenoxy) is 1. The van der Waals surface area contributed by atoms with Crippen molar-refractivity contribution in [2.75, 3.05) is 25.0 Å². The molecule has 0 unspecified atom stereocenters. The zero-order chi connectivity index (χ0) is 22.8. The molecule has 2 aromatic carbocycles. The van der Waals surface area contributed by atoms with Gasteiger partial charge in [-0.1, -0.05) is 0 Å². The molecule has 1 fully saturated rings. The normalized spacial score (nSPS) is 14.4. The summed E-state index contributed by atoms with van der Waals surface area (Å²) in [5.41, 5.74) is -0.821. The van der Waals surface area contributed by atoms with E-state index in [-0.39, 0.29) is 34.1 Å². The highest BCUT2D eigenvalue weighted by atomic mass is 32.2. The van der Waals surface area contributed by atoms with E-state index in [0.29, 0.717) is 13.1 Å². The summed E-state index contributed by atoms with van der Waals surface area (Å²) in [6.45, 7) is 4.02. The van der Waals surface area contributed by atoms with Gasteiger partial charge >= 0.3 is 0 Å². The zero-order valence-corrected chi connectivity index (χ0v) is 17.9. The predicted molar refractivity (Wildman–Crippen MR) is 111 cm³/mol. The molecule has 2 aromatic rings. The summed E-state index contributed by atoms with van der Waals surface area (Å²) in [6, 6.07) is 6.03. The number of hydrogen-bond acceptors (Lipinski definition) is 6. The summed E-state index contributed by atoms with van der Waals surface area (Å²) in [7, 11) is -3.84. The van der Waals surface area contributed by atoms with Gasteiger partial charge in [0.25, 0.3) is 11.6 Å². The first-order chi connectivity index (χ1) is 14.6. The molecule has 1 N–H and O–H groups in total. The molecule has 1 aliphatic rings. The topological polar surface area (TPSA) is 119 Å². The number of nitro benzene ring substituents is 1. The van der Waals surface area contributed by atoms with Crippen LogP contribution in [0.3, 0.4) is 0 Å². The molecular weight excluding hydrogens is 429 g/mol. The third-order valence-corrected chi connectivity index (χ3v) is 6.88. The van der Waals surface area contributed by atoms with Gasteiger partial charge in [-0.3, -0.25) is 14.9 Å². The fourth-order valence-electron chi connectivity index (χ4n) is 3.32. The number of nitro groups is 1. The Kier molecular flexibility index (Phi) is 6.56. The Labute approximate surface area is 179 Å². The summed E-state index contributed by atoms with van der Waals surface area (Å²) < 4.78 is 47.0. The molecule has 166 valence electrons. The van der Waals surface area contributed by atoms with Crippen LogP contribution in [0, 0.1) is 22.9 Å². The van der Waals surface area contributed by atoms with Crippen molar-refractivity contribution in [2.24, 2.45) is 0 Å². The number of hydrogen-bond donors (Lipinski definition) is 1. The molecule has 31 heavy (non-hydrogen) atoms. The second-order valence-corrected chi connectivity index (χ2v) is 8.93. The van der Waals surface area contributed by atoms with Crippen LogP contribution in [-0.2, 0) is 10.0 Å². The number of benzene rings is 2. The molecule has 0 atom stereocenters. The minimum absolute atomic E-state index is 0.0879. The van der Waals surface area contributed by atoms with E-state index in [1.54, 1.807) is 6.92 Å². The zero-order valence-electron chi connectivity index (χ0n) is 17.1. The van der Waals surface area contributed by atoms with Crippen LogP contribution in [-0.4, -0.2) is 43.2 Å². The van der Waals surface area contributed by atoms with E-state index in [9.17, 15) is 27.7 Å². The van der Waals surface area contributed by atoms with Crippen LogP contribution in [0.2, 0.25) is 0 Å². The van der Waals surface area contributed by atoms with E-state index in [4.69, 9.17) is 4.74 Å². The highest BCUT2D eigenvalue weighted by Gasteiger charge is 2.30. The molecular formula is C20H22FN3O6S. The van der Waals surface area contributed by atoms with Crippen molar-refractivity contribution in [1.29, 1.82) is 0 Å². The highest BCUT2D eigenvalue weighted by Crippen LogP contribution is 2.32. The van der Waals surface area contributed by atoms with E-state index in [1.165, 1.54) is 29.4 Å². The molecule has 0 bridgehead atoms. The molecule has 1 saturated heterocycles. The summed E-state index contributed by atoms with van der Waals surface area (Å²) in [5, 5.41) is 13.6. The van der Waals surface area contributed by atoms with Gasteiger partial charge in [0.15, 0.2) is 0 Å². The summed E-state index contributed by atoms with van der Waals surface area (Å²) >= 11 is 0. The van der Waals surface area contributed by atoms with Crippen molar-refractivity contribution in [1.82, 2.24) is 4.31 Å². The lowest BCUT2D eigenvalue weighted by atomic mass is 10.1. The summed E-state index contributed by atoms with van der Waals surface area (Å²) in [6.07, 6.45) is 1.52. The molecule has 1 aliphatic heterocycles. The third-order valence-electron chi connectivity index (χ3n) is 4.96. The first kappa shape index (κ1) is 22.6. The molecule has 0 aromatic heterocycles. The lowest BCUT2D eigenvalue weighted by Crippen LogP contribution is -2.28. The summed E-state index contributed by atoms with van der Waals surface area (Å²) in [4.78, 5) is 22.8. The number of amides is 1. The van der Waals surface area contributed by atoms with Crippen molar-refractivity contribution in [3.63, 3.8) is 0 Å². The molecule has 0 spiro atoms. The Bertz CT molecular complexity index is 1130. The van der Waals surface area contributed by atoms with Crippen molar-refractivity contribution >= 4 is 27.3 Å². The van der Waals surface area contributed by atoms with Gasteiger partial charge < -0.3 is 10.1 Å². The van der Waals surface area contributed by atoms with E-state index < -0.39 is 32.4 Å². The van der Waals surface area contributed by atoms with Gasteiger partial charge in [-0.25, -0.2) is 12.8 Å². The quantitative estimate of drug-likeness (QED) is 0.509. The van der Waals surface area contributed by atoms with E-state index >= 15 is 0 Å². The fraction of sp³-hybridized carbons (Fsp3) is 0.350. The van der Waals surface area contributed by atoms with Crippen molar-refractivity contribution in [2.45, 2.75) is 31.6 Å². The standard InChI is InChI=1S/C20H22FN3O6S/c1-3-30-18-7-6-15(12-19(18)31(28,29)23-8-4-5-9-23)22-20(25)14-10-16(21)13(2)17(11-14)24(26)27/h6-7,10-12H,3-5,8-9H2,1-2H3,(H,22,25). The maximum absolute atomic E-state index is 14.0. The Balaban J connectivity index is 1.95. The SMILES string of the molecule is CCOc1ccc(NC(=O)c2cc(F)c(C)c([N+](=O)[O-])c2)cc1S(=O)(=O)N1CCCC1. The van der Waals surface area contributed by atoms with Crippen LogP contribution >= 0.6 is 0 Å². The molecule has 3 rings (SSSR count). The summed E-state index contributed by atoms with van der Waals surface area (Å²) in [5.74, 6) is -1.54. The number of carbonyl (C=O) groups excluding carboxylic acids is 1. The number of nitrogens with one attached hydrogen (secondary N) is 1. The second-order valence-electron chi connectivity index (χ2n) is 7.02. The first-order valence-corrected chi connectivity index (χ1v) is 11.1. The smallest absolute Gasteiger partial charge is 0.276 e. The predicted octanol–water partition coefficient (Wildman–Crippen LogP) is 3.48. The fourth-order valence-corrected chi connectivity index (χ4v) is 4.99. The third kappa shape index (κ3) is 4.67. The number of sulfonamides is 1. The Morgan fingerprint density at radius 3 is 2.55 bits per heavy atom. The van der Waals surface area contributed by atoms with Crippen LogP contribution in [0.4, 0.5) is 15.8 Å². The van der Waals surface area contributed by atoms with Crippen LogP contribution in [0.15, 0.2) is 35.2 Å². The monoisotopic (exact) mass is 451 g/mol. The molecule has 11 heteroatoms. The largest absolute Gasteiger partial charge is 0.492 e. The minimum Gasteiger partial charge on any atom is -0.492 e. The Morgan fingerprint density at radius 1 is 1.26 bits per heavy atom. The number of rotatable bonds is 7. The van der Waals surface area contributed by atoms with Gasteiger partial charge in [0, 0.05) is 30.4 Å². The van der Waals surface area contributed by atoms with Crippen molar-refractivity contribution in [3.05, 3.63) is 57.4 Å². The van der Waals surface area contributed by atoms with E-state index in [0.717, 1.165) is 25.0 Å². The average molecular weight is 451 g/mol. The number of carbonyl (C=O) groups is 1. The van der Waals surface area contributed by atoms with Gasteiger partial charge in [0.05, 0.1) is 17.1 Å². The molecule has 9 nitrogen and oxygen atoms in total. The van der Waals surface area contributed by atoms with Gasteiger partial charge in [0.1, 0.15) is 16.5 Å². The number of halogens is 1. The molecule has 1 heterocycles. The van der Waals surface area contributed by atoms with Gasteiger partial charge in [-0.15, -0.1) is 0 Å². The first-order valence-electron chi connectivity index (χ1n) is 9.68. The van der Waals surface area contributed by atoms with Crippen molar-refractivity contribution < 1.29 is 27.3 Å². The average Bonchev–Trinajstić information content (AvgIpc) is 3.26. The second kappa shape index (κ2) is 8.98. The number of nitrogens with zero attached hydrogens (tertiary/aromatic N) is 2. The lowest BCUT2D eigenvalue weighted by molar-refractivity contribution is -0.385. The maximum Gasteiger partial charge on any atom is 0.276 e. The van der Waals surface area contributed by atoms with Crippen LogP contribution < -0.4 is 10.1 Å². The minimum atomic E-state index is -3.84. The van der Waals surface area contributed by atoms with Crippen molar-refractivity contribution in [3.8, 4) is 5.75 Å². The lowest BCUT2D eigenvalue weighted by Gasteiger charge is -2.19. The molecule has 0 radical (unpaired) electrons. The molecule has 1 amide bonds. The molecule has 0 saturated carbocycles. The Hall–Kier alpha value is -3.05. The van der Waals surface area contributed by atoms with Gasteiger partial charge in [0.2, 0.25) is 10.0 Å². The van der Waals surface area contributed by atoms with E-state index in [1.807, 2.05) is 0 Å². The van der Waals surface area contributed by atoms with Gasteiger partial charge in [-0.05, 0) is 51.0 Å². The van der Waals surface area contributed by atoms with Crippen LogP contribution in [0.5, 0.6) is 5.75 Å². The van der Waals surface area contributed by atoms with Gasteiger partial charge in [-0.2, -0.15) is 4.31 Å². The number of anilines is 1. The van der Waals surface area contributed by atoms with Crippen LogP contribution in [0.25, 0.3) is 0 Å².